The summed E-state index contributed by atoms with van der Waals surface area (Å²) in [4.78, 5) is 16.7. The zero-order valence-electron chi connectivity index (χ0n) is 8.50. The first-order valence-electron chi connectivity index (χ1n) is 4.22. The molecule has 0 aliphatic carbocycles. The van der Waals surface area contributed by atoms with E-state index < -0.39 is 9.84 Å². The average Bonchev–Trinajstić information content (AvgIpc) is 2.61. The molecule has 0 aromatic carbocycles. The zero-order valence-corrected chi connectivity index (χ0v) is 10.1. The molecule has 0 saturated carbocycles. The van der Waals surface area contributed by atoms with Gasteiger partial charge in [-0.1, -0.05) is 11.3 Å². The lowest BCUT2D eigenvalue weighted by molar-refractivity contribution is 0.112. The maximum Gasteiger partial charge on any atom is 0.185 e. The summed E-state index contributed by atoms with van der Waals surface area (Å²) in [5.74, 6) is 0.0828. The van der Waals surface area contributed by atoms with Gasteiger partial charge in [-0.15, -0.1) is 0 Å². The van der Waals surface area contributed by atoms with Gasteiger partial charge in [0.1, 0.15) is 9.84 Å². The Morgan fingerprint density at radius 2 is 2.27 bits per heavy atom. The molecule has 0 aliphatic rings. The molecule has 0 N–H and O–H groups in total. The molecule has 0 radical (unpaired) electrons. The van der Waals surface area contributed by atoms with Crippen molar-refractivity contribution in [2.75, 3.05) is 30.5 Å². The van der Waals surface area contributed by atoms with Gasteiger partial charge in [-0.2, -0.15) is 0 Å². The van der Waals surface area contributed by atoms with Gasteiger partial charge in [0.2, 0.25) is 0 Å². The van der Waals surface area contributed by atoms with Gasteiger partial charge in [0.25, 0.3) is 0 Å². The van der Waals surface area contributed by atoms with Crippen LogP contribution in [0.15, 0.2) is 6.20 Å². The molecule has 0 spiro atoms. The molecular formula is C8H12N2O3S2. The molecule has 1 aromatic rings. The first-order valence-corrected chi connectivity index (χ1v) is 7.10. The molecule has 0 atom stereocenters. The van der Waals surface area contributed by atoms with E-state index in [4.69, 9.17) is 0 Å². The van der Waals surface area contributed by atoms with Crippen molar-refractivity contribution in [3.05, 3.63) is 11.1 Å². The molecule has 0 aliphatic heterocycles. The van der Waals surface area contributed by atoms with Crippen LogP contribution in [0.3, 0.4) is 0 Å². The molecule has 0 amide bonds. The minimum absolute atomic E-state index is 0.0828. The van der Waals surface area contributed by atoms with Crippen molar-refractivity contribution in [2.24, 2.45) is 0 Å². The predicted molar refractivity (Wildman–Crippen MR) is 60.5 cm³/mol. The average molecular weight is 248 g/mol. The van der Waals surface area contributed by atoms with Gasteiger partial charge in [0, 0.05) is 19.8 Å². The highest BCUT2D eigenvalue weighted by atomic mass is 32.2. The fraction of sp³-hybridized carbons (Fsp3) is 0.500. The first-order chi connectivity index (χ1) is 6.92. The maximum absolute atomic E-state index is 10.9. The Hall–Kier alpha value is -0.950. The normalized spacial score (nSPS) is 11.3. The summed E-state index contributed by atoms with van der Waals surface area (Å²) in [6.45, 7) is 0.380. The van der Waals surface area contributed by atoms with E-state index in [1.54, 1.807) is 11.9 Å². The van der Waals surface area contributed by atoms with Gasteiger partial charge in [0.15, 0.2) is 11.4 Å². The van der Waals surface area contributed by atoms with Crippen LogP contribution in [0.25, 0.3) is 0 Å². The van der Waals surface area contributed by atoms with Gasteiger partial charge in [0.05, 0.1) is 16.8 Å². The zero-order chi connectivity index (χ0) is 11.5. The van der Waals surface area contributed by atoms with E-state index in [0.717, 1.165) is 6.29 Å². The third-order valence-corrected chi connectivity index (χ3v) is 3.71. The Morgan fingerprint density at radius 3 is 2.73 bits per heavy atom. The largest absolute Gasteiger partial charge is 0.350 e. The third-order valence-electron chi connectivity index (χ3n) is 1.75. The molecule has 5 nitrogen and oxygen atoms in total. The van der Waals surface area contributed by atoms with Crippen molar-refractivity contribution in [3.8, 4) is 0 Å². The van der Waals surface area contributed by atoms with E-state index in [9.17, 15) is 13.2 Å². The van der Waals surface area contributed by atoms with Crippen LogP contribution in [0, 0.1) is 0 Å². The Morgan fingerprint density at radius 1 is 1.60 bits per heavy atom. The van der Waals surface area contributed by atoms with Crippen LogP contribution >= 0.6 is 11.3 Å². The Labute approximate surface area is 92.7 Å². The van der Waals surface area contributed by atoms with Crippen molar-refractivity contribution in [1.82, 2.24) is 4.98 Å². The number of sulfone groups is 1. The van der Waals surface area contributed by atoms with Gasteiger partial charge in [-0.3, -0.25) is 4.79 Å². The molecular weight excluding hydrogens is 236 g/mol. The second-order valence-electron chi connectivity index (χ2n) is 3.21. The lowest BCUT2D eigenvalue weighted by Crippen LogP contribution is -2.24. The van der Waals surface area contributed by atoms with Crippen molar-refractivity contribution < 1.29 is 13.2 Å². The fourth-order valence-electron chi connectivity index (χ4n) is 0.906. The van der Waals surface area contributed by atoms with Crippen LogP contribution in [-0.2, 0) is 9.84 Å². The summed E-state index contributed by atoms with van der Waals surface area (Å²) in [6.07, 6.45) is 3.40. The van der Waals surface area contributed by atoms with Crippen LogP contribution in [0.1, 0.15) is 9.67 Å². The Balaban J connectivity index is 2.61. The quantitative estimate of drug-likeness (QED) is 0.707. The molecule has 1 aromatic heterocycles. The summed E-state index contributed by atoms with van der Waals surface area (Å²) in [6, 6.07) is 0. The van der Waals surface area contributed by atoms with Crippen molar-refractivity contribution in [2.45, 2.75) is 0 Å². The van der Waals surface area contributed by atoms with Crippen LogP contribution in [0.2, 0.25) is 0 Å². The number of thiazole rings is 1. The SMILES string of the molecule is CN(CCS(C)(=O)=O)c1ncc(C=O)s1. The number of hydrogen-bond acceptors (Lipinski definition) is 6. The first kappa shape index (κ1) is 12.1. The Bertz CT molecular complexity index is 438. The van der Waals surface area contributed by atoms with E-state index in [-0.39, 0.29) is 5.75 Å². The highest BCUT2D eigenvalue weighted by Crippen LogP contribution is 2.19. The van der Waals surface area contributed by atoms with Crippen LogP contribution < -0.4 is 4.90 Å². The lowest BCUT2D eigenvalue weighted by Gasteiger charge is -2.14. The molecule has 0 bridgehead atoms. The van der Waals surface area contributed by atoms with Crippen LogP contribution in [-0.4, -0.2) is 45.3 Å². The lowest BCUT2D eigenvalue weighted by atomic mass is 10.6. The van der Waals surface area contributed by atoms with Crippen LogP contribution in [0.4, 0.5) is 5.13 Å². The summed E-state index contributed by atoms with van der Waals surface area (Å²) in [7, 11) is -1.21. The van der Waals surface area contributed by atoms with E-state index >= 15 is 0 Å². The minimum Gasteiger partial charge on any atom is -0.350 e. The molecule has 0 saturated heterocycles. The van der Waals surface area contributed by atoms with E-state index in [0.29, 0.717) is 16.6 Å². The summed E-state index contributed by atoms with van der Waals surface area (Å²) >= 11 is 1.24. The topological polar surface area (TPSA) is 67.3 Å². The number of carbonyl (C=O) groups excluding carboxylic acids is 1. The van der Waals surface area contributed by atoms with Crippen LogP contribution in [0.5, 0.6) is 0 Å². The number of rotatable bonds is 5. The summed E-state index contributed by atoms with van der Waals surface area (Å²) < 4.78 is 21.9. The summed E-state index contributed by atoms with van der Waals surface area (Å²) in [5.41, 5.74) is 0. The van der Waals surface area contributed by atoms with Gasteiger partial charge < -0.3 is 4.90 Å². The van der Waals surface area contributed by atoms with Gasteiger partial charge in [-0.05, 0) is 0 Å². The standard InChI is InChI=1S/C8H12N2O3S2/c1-10(3-4-15(2,12)13)8-9-5-7(6-11)14-8/h5-6H,3-4H2,1-2H3. The van der Waals surface area contributed by atoms with E-state index in [2.05, 4.69) is 4.98 Å². The fourth-order valence-corrected chi connectivity index (χ4v) is 2.23. The monoisotopic (exact) mass is 248 g/mol. The van der Waals surface area contributed by atoms with Crippen molar-refractivity contribution in [3.63, 3.8) is 0 Å². The number of aldehydes is 1. The van der Waals surface area contributed by atoms with Gasteiger partial charge in [-0.25, -0.2) is 13.4 Å². The molecule has 84 valence electrons. The van der Waals surface area contributed by atoms with Crippen molar-refractivity contribution in [1.29, 1.82) is 0 Å². The Kier molecular flexibility index (Phi) is 3.81. The molecule has 0 fully saturated rings. The molecule has 1 rings (SSSR count). The molecule has 7 heteroatoms. The van der Waals surface area contributed by atoms with E-state index in [1.165, 1.54) is 23.8 Å². The number of nitrogens with zero attached hydrogens (tertiary/aromatic N) is 2. The predicted octanol–water partition coefficient (Wildman–Crippen LogP) is 0.436. The number of aromatic nitrogens is 1. The number of anilines is 1. The van der Waals surface area contributed by atoms with Crippen molar-refractivity contribution >= 4 is 32.6 Å². The second kappa shape index (κ2) is 4.71. The molecule has 0 unspecified atom stereocenters. The smallest absolute Gasteiger partial charge is 0.185 e. The maximum atomic E-state index is 10.9. The van der Waals surface area contributed by atoms with Gasteiger partial charge >= 0.3 is 0 Å². The number of carbonyl (C=O) groups is 1. The minimum atomic E-state index is -2.96. The highest BCUT2D eigenvalue weighted by Gasteiger charge is 2.09. The molecule has 1 heterocycles. The highest BCUT2D eigenvalue weighted by molar-refractivity contribution is 7.90. The summed E-state index contributed by atoms with van der Waals surface area (Å²) in [5, 5.41) is 0.653. The molecule has 15 heavy (non-hydrogen) atoms. The third kappa shape index (κ3) is 3.96. The van der Waals surface area contributed by atoms with E-state index in [1.807, 2.05) is 0 Å². The second-order valence-corrected chi connectivity index (χ2v) is 6.51. The number of hydrogen-bond donors (Lipinski definition) is 0.